The van der Waals surface area contributed by atoms with Crippen molar-refractivity contribution in [1.29, 1.82) is 0 Å². The van der Waals surface area contributed by atoms with Crippen molar-refractivity contribution in [2.24, 2.45) is 0 Å². The second kappa shape index (κ2) is 7.15. The first kappa shape index (κ1) is 16.8. The molecular formula is C15H9ClF3NO3. The zero-order chi connectivity index (χ0) is 17.0. The first-order chi connectivity index (χ1) is 10.9. The SMILES string of the molecule is O=C(COC(=O)c1c(F)cccc1F)Nc1cc(Cl)ccc1F. The van der Waals surface area contributed by atoms with Gasteiger partial charge in [0, 0.05) is 5.02 Å². The maximum atomic E-state index is 13.4. The van der Waals surface area contributed by atoms with Gasteiger partial charge in [-0.2, -0.15) is 0 Å². The molecule has 0 saturated heterocycles. The summed E-state index contributed by atoms with van der Waals surface area (Å²) in [5, 5.41) is 2.31. The zero-order valence-electron chi connectivity index (χ0n) is 11.4. The minimum Gasteiger partial charge on any atom is -0.452 e. The Hall–Kier alpha value is -2.54. The number of hydrogen-bond donors (Lipinski definition) is 1. The van der Waals surface area contributed by atoms with Gasteiger partial charge in [-0.3, -0.25) is 4.79 Å². The second-order valence-electron chi connectivity index (χ2n) is 4.35. The largest absolute Gasteiger partial charge is 0.452 e. The molecule has 0 atom stereocenters. The molecule has 0 aliphatic rings. The Bertz CT molecular complexity index is 747. The second-order valence-corrected chi connectivity index (χ2v) is 4.78. The molecule has 2 rings (SSSR count). The van der Waals surface area contributed by atoms with E-state index in [1.807, 2.05) is 0 Å². The van der Waals surface area contributed by atoms with Crippen molar-refractivity contribution in [3.8, 4) is 0 Å². The Morgan fingerprint density at radius 3 is 2.35 bits per heavy atom. The molecule has 0 radical (unpaired) electrons. The molecule has 0 aromatic heterocycles. The molecule has 2 aromatic rings. The zero-order valence-corrected chi connectivity index (χ0v) is 12.2. The fourth-order valence-corrected chi connectivity index (χ4v) is 1.85. The van der Waals surface area contributed by atoms with Gasteiger partial charge in [0.2, 0.25) is 0 Å². The van der Waals surface area contributed by atoms with Crippen molar-refractivity contribution >= 4 is 29.2 Å². The molecule has 23 heavy (non-hydrogen) atoms. The van der Waals surface area contributed by atoms with Crippen molar-refractivity contribution in [2.45, 2.75) is 0 Å². The molecule has 0 aliphatic heterocycles. The number of halogens is 4. The lowest BCUT2D eigenvalue weighted by Crippen LogP contribution is -2.22. The topological polar surface area (TPSA) is 55.4 Å². The molecule has 0 bridgehead atoms. The number of carbonyl (C=O) groups excluding carboxylic acids is 2. The number of benzene rings is 2. The maximum absolute atomic E-state index is 13.4. The lowest BCUT2D eigenvalue weighted by Gasteiger charge is -2.08. The molecule has 120 valence electrons. The van der Waals surface area contributed by atoms with Crippen LogP contribution in [0.25, 0.3) is 0 Å². The maximum Gasteiger partial charge on any atom is 0.344 e. The number of esters is 1. The summed E-state index contributed by atoms with van der Waals surface area (Å²) in [5.41, 5.74) is -1.12. The van der Waals surface area contributed by atoms with Gasteiger partial charge in [0.1, 0.15) is 23.0 Å². The number of carbonyl (C=O) groups is 2. The molecule has 0 saturated carbocycles. The Labute approximate surface area is 133 Å². The molecule has 0 unspecified atom stereocenters. The Balaban J connectivity index is 1.99. The fourth-order valence-electron chi connectivity index (χ4n) is 1.68. The highest BCUT2D eigenvalue weighted by Crippen LogP contribution is 2.19. The van der Waals surface area contributed by atoms with Crippen LogP contribution in [0.4, 0.5) is 18.9 Å². The summed E-state index contributed by atoms with van der Waals surface area (Å²) in [6.45, 7) is -0.849. The molecule has 4 nitrogen and oxygen atoms in total. The Morgan fingerprint density at radius 2 is 1.70 bits per heavy atom. The number of rotatable bonds is 4. The van der Waals surface area contributed by atoms with Gasteiger partial charge in [-0.25, -0.2) is 18.0 Å². The first-order valence-electron chi connectivity index (χ1n) is 6.24. The van der Waals surface area contributed by atoms with Crippen LogP contribution >= 0.6 is 11.6 Å². The van der Waals surface area contributed by atoms with Crippen molar-refractivity contribution in [3.05, 3.63) is 64.4 Å². The number of amides is 1. The normalized spacial score (nSPS) is 10.3. The van der Waals surface area contributed by atoms with Gasteiger partial charge in [0.05, 0.1) is 5.69 Å². The smallest absolute Gasteiger partial charge is 0.344 e. The molecule has 1 N–H and O–H groups in total. The van der Waals surface area contributed by atoms with E-state index in [-0.39, 0.29) is 10.7 Å². The summed E-state index contributed by atoms with van der Waals surface area (Å²) in [5.74, 6) is -5.21. The van der Waals surface area contributed by atoms with Crippen LogP contribution in [0, 0.1) is 17.5 Å². The summed E-state index contributed by atoms with van der Waals surface area (Å²) in [6, 6.07) is 6.32. The predicted molar refractivity (Wildman–Crippen MR) is 76.7 cm³/mol. The molecule has 8 heteroatoms. The van der Waals surface area contributed by atoms with Crippen LogP contribution in [0.2, 0.25) is 5.02 Å². The van der Waals surface area contributed by atoms with Crippen molar-refractivity contribution in [2.75, 3.05) is 11.9 Å². The molecular weight excluding hydrogens is 335 g/mol. The van der Waals surface area contributed by atoms with Crippen molar-refractivity contribution in [3.63, 3.8) is 0 Å². The first-order valence-corrected chi connectivity index (χ1v) is 6.62. The van der Waals surface area contributed by atoms with Crippen LogP contribution in [0.1, 0.15) is 10.4 Å². The average Bonchev–Trinajstić information content (AvgIpc) is 2.49. The lowest BCUT2D eigenvalue weighted by molar-refractivity contribution is -0.119. The van der Waals surface area contributed by atoms with E-state index < -0.39 is 41.5 Å². The Kier molecular flexibility index (Phi) is 5.23. The van der Waals surface area contributed by atoms with E-state index in [0.29, 0.717) is 0 Å². The van der Waals surface area contributed by atoms with Crippen molar-refractivity contribution in [1.82, 2.24) is 0 Å². The minimum absolute atomic E-state index is 0.187. The van der Waals surface area contributed by atoms with Gasteiger partial charge in [0.25, 0.3) is 5.91 Å². The summed E-state index contributed by atoms with van der Waals surface area (Å²) in [6.07, 6.45) is 0. The summed E-state index contributed by atoms with van der Waals surface area (Å²) < 4.78 is 44.7. The van der Waals surface area contributed by atoms with Gasteiger partial charge >= 0.3 is 5.97 Å². The van der Waals surface area contributed by atoms with Gasteiger partial charge in [-0.1, -0.05) is 17.7 Å². The van der Waals surface area contributed by atoms with Crippen LogP contribution in [-0.4, -0.2) is 18.5 Å². The lowest BCUT2D eigenvalue weighted by atomic mass is 10.2. The fraction of sp³-hybridized carbons (Fsp3) is 0.0667. The average molecular weight is 344 g/mol. The van der Waals surface area contributed by atoms with E-state index in [2.05, 4.69) is 10.1 Å². The summed E-state index contributed by atoms with van der Waals surface area (Å²) >= 11 is 5.66. The highest BCUT2D eigenvalue weighted by atomic mass is 35.5. The van der Waals surface area contributed by atoms with E-state index in [0.717, 1.165) is 30.3 Å². The van der Waals surface area contributed by atoms with E-state index >= 15 is 0 Å². The third-order valence-corrected chi connectivity index (χ3v) is 2.94. The highest BCUT2D eigenvalue weighted by Gasteiger charge is 2.19. The van der Waals surface area contributed by atoms with Crippen molar-refractivity contribution < 1.29 is 27.5 Å². The molecule has 0 aliphatic carbocycles. The molecule has 2 aromatic carbocycles. The minimum atomic E-state index is -1.35. The van der Waals surface area contributed by atoms with Gasteiger partial charge in [-0.15, -0.1) is 0 Å². The monoisotopic (exact) mass is 343 g/mol. The van der Waals surface area contributed by atoms with E-state index in [1.54, 1.807) is 0 Å². The van der Waals surface area contributed by atoms with Crippen LogP contribution in [0.15, 0.2) is 36.4 Å². The molecule has 0 spiro atoms. The van der Waals surface area contributed by atoms with Crippen LogP contribution in [0.3, 0.4) is 0 Å². The van der Waals surface area contributed by atoms with E-state index in [4.69, 9.17) is 11.6 Å². The standard InChI is InChI=1S/C15H9ClF3NO3/c16-8-4-5-9(17)12(6-8)20-13(21)7-23-15(22)14-10(18)2-1-3-11(14)19/h1-6H,7H2,(H,20,21). The summed E-state index contributed by atoms with van der Waals surface area (Å²) in [7, 11) is 0. The highest BCUT2D eigenvalue weighted by molar-refractivity contribution is 6.30. The molecule has 1 amide bonds. The van der Waals surface area contributed by atoms with E-state index in [1.165, 1.54) is 6.07 Å². The van der Waals surface area contributed by atoms with Crippen LogP contribution in [-0.2, 0) is 9.53 Å². The number of nitrogens with one attached hydrogen (secondary N) is 1. The quantitative estimate of drug-likeness (QED) is 0.864. The van der Waals surface area contributed by atoms with E-state index in [9.17, 15) is 22.8 Å². The third-order valence-electron chi connectivity index (χ3n) is 2.70. The molecule has 0 fully saturated rings. The number of anilines is 1. The van der Waals surface area contributed by atoms with Crippen LogP contribution in [0.5, 0.6) is 0 Å². The van der Waals surface area contributed by atoms with Gasteiger partial charge in [-0.05, 0) is 30.3 Å². The van der Waals surface area contributed by atoms with Gasteiger partial charge < -0.3 is 10.1 Å². The third kappa shape index (κ3) is 4.23. The summed E-state index contributed by atoms with van der Waals surface area (Å²) in [4.78, 5) is 23.2. The van der Waals surface area contributed by atoms with Crippen LogP contribution < -0.4 is 5.32 Å². The number of hydrogen-bond acceptors (Lipinski definition) is 3. The Morgan fingerprint density at radius 1 is 1.04 bits per heavy atom. The predicted octanol–water partition coefficient (Wildman–Crippen LogP) is 3.55. The van der Waals surface area contributed by atoms with Gasteiger partial charge in [0.15, 0.2) is 6.61 Å². The molecule has 0 heterocycles. The number of ether oxygens (including phenoxy) is 1.